The fraction of sp³-hybridized carbons (Fsp3) is 0.429. The monoisotopic (exact) mass is 307 g/mol. The zero-order valence-electron chi connectivity index (χ0n) is 14.0. The van der Waals surface area contributed by atoms with Crippen molar-refractivity contribution in [1.82, 2.24) is 4.90 Å². The maximum Gasteiger partial charge on any atom is 0.133 e. The van der Waals surface area contributed by atoms with Crippen LogP contribution < -0.4 is 0 Å². The van der Waals surface area contributed by atoms with Crippen LogP contribution in [0.2, 0.25) is 0 Å². The Morgan fingerprint density at radius 2 is 1.48 bits per heavy atom. The first-order chi connectivity index (χ1) is 11.1. The summed E-state index contributed by atoms with van der Waals surface area (Å²) in [6.07, 6.45) is 2.68. The number of rotatable bonds is 2. The summed E-state index contributed by atoms with van der Waals surface area (Å²) in [6, 6.07) is 21.5. The molecule has 0 aromatic heterocycles. The molecule has 4 rings (SSSR count). The van der Waals surface area contributed by atoms with Gasteiger partial charge in [0.15, 0.2) is 0 Å². The van der Waals surface area contributed by atoms with Crippen molar-refractivity contribution in [3.05, 3.63) is 71.8 Å². The summed E-state index contributed by atoms with van der Waals surface area (Å²) in [5.74, 6) is 0. The number of benzene rings is 2. The number of fused-ring (bicyclic) bond motifs is 1. The largest absolute Gasteiger partial charge is 0.345 e. The number of ether oxygens (including phenoxy) is 1. The highest BCUT2D eigenvalue weighted by atomic mass is 16.5. The van der Waals surface area contributed by atoms with Gasteiger partial charge < -0.3 is 4.74 Å². The van der Waals surface area contributed by atoms with Crippen LogP contribution in [0, 0.1) is 5.41 Å². The lowest BCUT2D eigenvalue weighted by Crippen LogP contribution is -2.46. The van der Waals surface area contributed by atoms with E-state index in [0.717, 1.165) is 13.1 Å². The summed E-state index contributed by atoms with van der Waals surface area (Å²) in [5.41, 5.74) is 2.37. The Morgan fingerprint density at radius 3 is 2.00 bits per heavy atom. The average Bonchev–Trinajstić information content (AvgIpc) is 2.99. The lowest BCUT2D eigenvalue weighted by Gasteiger charge is -2.41. The van der Waals surface area contributed by atoms with Gasteiger partial charge >= 0.3 is 0 Å². The first-order valence-corrected chi connectivity index (χ1v) is 8.65. The normalized spacial score (nSPS) is 25.9. The fourth-order valence-corrected chi connectivity index (χ4v) is 4.28. The van der Waals surface area contributed by atoms with Crippen LogP contribution in [0.15, 0.2) is 60.7 Å². The lowest BCUT2D eigenvalue weighted by molar-refractivity contribution is -0.119. The molecule has 2 heteroatoms. The second-order valence-corrected chi connectivity index (χ2v) is 7.59. The van der Waals surface area contributed by atoms with Crippen molar-refractivity contribution in [2.24, 2.45) is 5.41 Å². The first-order valence-electron chi connectivity index (χ1n) is 8.65. The Labute approximate surface area is 139 Å². The maximum atomic E-state index is 6.87. The van der Waals surface area contributed by atoms with Crippen molar-refractivity contribution >= 4 is 0 Å². The molecule has 23 heavy (non-hydrogen) atoms. The minimum atomic E-state index is -0.352. The SMILES string of the molecule is CC1(C)CCCN2CC(c3ccccc3)(c3ccccc3)OC21. The number of hydrogen-bond donors (Lipinski definition) is 0. The molecule has 0 amide bonds. The van der Waals surface area contributed by atoms with Gasteiger partial charge in [0, 0.05) is 18.5 Å². The second kappa shape index (κ2) is 5.47. The zero-order valence-corrected chi connectivity index (χ0v) is 14.0. The lowest BCUT2D eigenvalue weighted by atomic mass is 9.82. The highest BCUT2D eigenvalue weighted by molar-refractivity contribution is 5.38. The summed E-state index contributed by atoms with van der Waals surface area (Å²) in [6.45, 7) is 6.76. The van der Waals surface area contributed by atoms with Gasteiger partial charge in [0.2, 0.25) is 0 Å². The van der Waals surface area contributed by atoms with Gasteiger partial charge in [0.1, 0.15) is 11.8 Å². The summed E-state index contributed by atoms with van der Waals surface area (Å²) in [5, 5.41) is 0. The molecule has 2 fully saturated rings. The van der Waals surface area contributed by atoms with Crippen molar-refractivity contribution < 1.29 is 4.74 Å². The Balaban J connectivity index is 1.83. The molecule has 0 saturated carbocycles. The quantitative estimate of drug-likeness (QED) is 0.815. The van der Waals surface area contributed by atoms with Gasteiger partial charge in [-0.1, -0.05) is 74.5 Å². The highest BCUT2D eigenvalue weighted by Crippen LogP contribution is 2.48. The molecule has 2 aliphatic heterocycles. The van der Waals surface area contributed by atoms with Crippen molar-refractivity contribution in [2.75, 3.05) is 13.1 Å². The third-order valence-electron chi connectivity index (χ3n) is 5.49. The van der Waals surface area contributed by atoms with Crippen LogP contribution in [0.5, 0.6) is 0 Å². The molecule has 0 spiro atoms. The molecule has 1 atom stereocenters. The van der Waals surface area contributed by atoms with Gasteiger partial charge in [-0.15, -0.1) is 0 Å². The molecule has 120 valence electrons. The van der Waals surface area contributed by atoms with Gasteiger partial charge in [0.05, 0.1) is 0 Å². The van der Waals surface area contributed by atoms with Gasteiger partial charge in [0.25, 0.3) is 0 Å². The van der Waals surface area contributed by atoms with Crippen LogP contribution in [0.4, 0.5) is 0 Å². The summed E-state index contributed by atoms with van der Waals surface area (Å²) < 4.78 is 6.87. The smallest absolute Gasteiger partial charge is 0.133 e. The topological polar surface area (TPSA) is 12.5 Å². The van der Waals surface area contributed by atoms with E-state index in [1.165, 1.54) is 24.0 Å². The predicted octanol–water partition coefficient (Wildman–Crippen LogP) is 4.41. The van der Waals surface area contributed by atoms with E-state index in [0.29, 0.717) is 0 Å². The Bertz CT molecular complexity index is 625. The van der Waals surface area contributed by atoms with E-state index in [2.05, 4.69) is 79.4 Å². The van der Waals surface area contributed by atoms with Crippen LogP contribution in [-0.4, -0.2) is 24.2 Å². The molecule has 2 heterocycles. The Hall–Kier alpha value is -1.64. The van der Waals surface area contributed by atoms with Crippen molar-refractivity contribution in [3.63, 3.8) is 0 Å². The summed E-state index contributed by atoms with van der Waals surface area (Å²) in [4.78, 5) is 2.55. The van der Waals surface area contributed by atoms with E-state index in [9.17, 15) is 0 Å². The summed E-state index contributed by atoms with van der Waals surface area (Å²) >= 11 is 0. The predicted molar refractivity (Wildman–Crippen MR) is 93.1 cm³/mol. The van der Waals surface area contributed by atoms with Crippen LogP contribution in [0.3, 0.4) is 0 Å². The third kappa shape index (κ3) is 2.41. The molecular weight excluding hydrogens is 282 g/mol. The van der Waals surface area contributed by atoms with Crippen LogP contribution in [-0.2, 0) is 10.3 Å². The van der Waals surface area contributed by atoms with Crippen LogP contribution >= 0.6 is 0 Å². The molecule has 2 nitrogen and oxygen atoms in total. The number of piperidine rings is 1. The molecule has 2 saturated heterocycles. The molecule has 0 aliphatic carbocycles. The van der Waals surface area contributed by atoms with Gasteiger partial charge in [-0.05, 0) is 24.0 Å². The highest BCUT2D eigenvalue weighted by Gasteiger charge is 2.53. The van der Waals surface area contributed by atoms with E-state index in [-0.39, 0.29) is 17.2 Å². The molecule has 2 aromatic rings. The van der Waals surface area contributed by atoms with Crippen molar-refractivity contribution in [3.8, 4) is 0 Å². The summed E-state index contributed by atoms with van der Waals surface area (Å²) in [7, 11) is 0. The molecule has 0 N–H and O–H groups in total. The van der Waals surface area contributed by atoms with E-state index < -0.39 is 0 Å². The number of hydrogen-bond acceptors (Lipinski definition) is 2. The standard InChI is InChI=1S/C21H25NO/c1-20(2)14-9-15-22-16-21(23-19(20)22,17-10-5-3-6-11-17)18-12-7-4-8-13-18/h3-8,10-13,19H,9,14-16H2,1-2H3. The molecule has 0 radical (unpaired) electrons. The van der Waals surface area contributed by atoms with E-state index in [1.807, 2.05) is 0 Å². The van der Waals surface area contributed by atoms with E-state index >= 15 is 0 Å². The average molecular weight is 307 g/mol. The van der Waals surface area contributed by atoms with E-state index in [1.54, 1.807) is 0 Å². The Morgan fingerprint density at radius 1 is 0.913 bits per heavy atom. The Kier molecular flexibility index (Phi) is 3.55. The van der Waals surface area contributed by atoms with Crippen molar-refractivity contribution in [2.45, 2.75) is 38.5 Å². The maximum absolute atomic E-state index is 6.87. The minimum absolute atomic E-state index is 0.191. The molecule has 2 aromatic carbocycles. The zero-order chi connectivity index (χ0) is 15.9. The molecule has 1 unspecified atom stereocenters. The van der Waals surface area contributed by atoms with Gasteiger partial charge in [-0.25, -0.2) is 0 Å². The molecule has 0 bridgehead atoms. The first kappa shape index (κ1) is 14.9. The third-order valence-corrected chi connectivity index (χ3v) is 5.49. The van der Waals surface area contributed by atoms with Gasteiger partial charge in [-0.2, -0.15) is 0 Å². The second-order valence-electron chi connectivity index (χ2n) is 7.59. The van der Waals surface area contributed by atoms with E-state index in [4.69, 9.17) is 4.74 Å². The minimum Gasteiger partial charge on any atom is -0.345 e. The molecule has 2 aliphatic rings. The van der Waals surface area contributed by atoms with Crippen molar-refractivity contribution in [1.29, 1.82) is 0 Å². The van der Waals surface area contributed by atoms with Crippen LogP contribution in [0.1, 0.15) is 37.8 Å². The number of nitrogens with zero attached hydrogens (tertiary/aromatic N) is 1. The molecular formula is C21H25NO. The van der Waals surface area contributed by atoms with Gasteiger partial charge in [-0.3, -0.25) is 4.90 Å². The van der Waals surface area contributed by atoms with Crippen LogP contribution in [0.25, 0.3) is 0 Å². The fourth-order valence-electron chi connectivity index (χ4n) is 4.28.